The van der Waals surface area contributed by atoms with Crippen molar-refractivity contribution in [2.75, 3.05) is 26.2 Å². The van der Waals surface area contributed by atoms with Crippen LogP contribution in [0.4, 0.5) is 4.39 Å². The van der Waals surface area contributed by atoms with E-state index >= 15 is 0 Å². The SMILES string of the molecule is O=C(CN1CCC2(CC1)CC(NC1CC1c1ccccc1)CO2)NCc1ccc(F)cc1. The van der Waals surface area contributed by atoms with Gasteiger partial charge in [0.05, 0.1) is 18.8 Å². The maximum Gasteiger partial charge on any atom is 0.234 e. The predicted molar refractivity (Wildman–Crippen MR) is 122 cm³/mol. The van der Waals surface area contributed by atoms with Crippen molar-refractivity contribution in [1.29, 1.82) is 0 Å². The molecule has 0 aromatic heterocycles. The highest BCUT2D eigenvalue weighted by atomic mass is 19.1. The first-order valence-electron chi connectivity index (χ1n) is 11.8. The summed E-state index contributed by atoms with van der Waals surface area (Å²) in [7, 11) is 0. The maximum absolute atomic E-state index is 13.0. The van der Waals surface area contributed by atoms with E-state index in [1.165, 1.54) is 24.1 Å². The van der Waals surface area contributed by atoms with Crippen molar-refractivity contribution >= 4 is 5.91 Å². The Morgan fingerprint density at radius 2 is 1.84 bits per heavy atom. The number of amides is 1. The van der Waals surface area contributed by atoms with Crippen LogP contribution in [0.25, 0.3) is 0 Å². The fourth-order valence-electron chi connectivity index (χ4n) is 5.23. The van der Waals surface area contributed by atoms with Crippen molar-refractivity contribution in [1.82, 2.24) is 15.5 Å². The van der Waals surface area contributed by atoms with Crippen LogP contribution in [0.1, 0.15) is 42.7 Å². The Kier molecular flexibility index (Phi) is 6.26. The van der Waals surface area contributed by atoms with Crippen molar-refractivity contribution in [2.45, 2.75) is 55.8 Å². The van der Waals surface area contributed by atoms with E-state index < -0.39 is 0 Å². The minimum Gasteiger partial charge on any atom is -0.373 e. The van der Waals surface area contributed by atoms with Crippen molar-refractivity contribution in [2.24, 2.45) is 0 Å². The number of piperidine rings is 1. The summed E-state index contributed by atoms with van der Waals surface area (Å²) in [4.78, 5) is 14.5. The molecular formula is C26H32FN3O2. The summed E-state index contributed by atoms with van der Waals surface area (Å²) < 4.78 is 19.3. The number of nitrogens with one attached hydrogen (secondary N) is 2. The summed E-state index contributed by atoms with van der Waals surface area (Å²) in [6.07, 6.45) is 4.23. The third-order valence-corrected chi connectivity index (χ3v) is 7.21. The number of hydrogen-bond donors (Lipinski definition) is 2. The molecular weight excluding hydrogens is 405 g/mol. The lowest BCUT2D eigenvalue weighted by Gasteiger charge is -2.38. The van der Waals surface area contributed by atoms with E-state index in [4.69, 9.17) is 4.74 Å². The highest BCUT2D eigenvalue weighted by Crippen LogP contribution is 2.43. The molecule has 32 heavy (non-hydrogen) atoms. The summed E-state index contributed by atoms with van der Waals surface area (Å²) in [6.45, 7) is 3.38. The minimum absolute atomic E-state index is 0.0119. The fraction of sp³-hybridized carbons (Fsp3) is 0.500. The molecule has 2 saturated heterocycles. The Morgan fingerprint density at radius 3 is 2.59 bits per heavy atom. The van der Waals surface area contributed by atoms with Crippen molar-refractivity contribution in [3.05, 3.63) is 71.5 Å². The second-order valence-electron chi connectivity index (χ2n) is 9.60. The van der Waals surface area contributed by atoms with Crippen LogP contribution in [0.5, 0.6) is 0 Å². The molecule has 3 unspecified atom stereocenters. The zero-order valence-corrected chi connectivity index (χ0v) is 18.4. The van der Waals surface area contributed by atoms with E-state index in [1.54, 1.807) is 12.1 Å². The number of carbonyl (C=O) groups is 1. The number of hydrogen-bond acceptors (Lipinski definition) is 4. The van der Waals surface area contributed by atoms with Gasteiger partial charge in [0, 0.05) is 37.6 Å². The lowest BCUT2D eigenvalue weighted by Crippen LogP contribution is -2.47. The molecule has 1 aliphatic carbocycles. The molecule has 2 N–H and O–H groups in total. The topological polar surface area (TPSA) is 53.6 Å². The van der Waals surface area contributed by atoms with E-state index in [0.717, 1.165) is 44.5 Å². The molecule has 3 aliphatic rings. The smallest absolute Gasteiger partial charge is 0.234 e. The van der Waals surface area contributed by atoms with E-state index in [1.807, 2.05) is 0 Å². The molecule has 2 aliphatic heterocycles. The number of benzene rings is 2. The van der Waals surface area contributed by atoms with E-state index in [0.29, 0.717) is 31.1 Å². The molecule has 6 heteroatoms. The van der Waals surface area contributed by atoms with Crippen LogP contribution in [0, 0.1) is 5.82 Å². The van der Waals surface area contributed by atoms with Crippen LogP contribution in [-0.4, -0.2) is 54.7 Å². The number of likely N-dealkylation sites (tertiary alicyclic amines) is 1. The second kappa shape index (κ2) is 9.30. The fourth-order valence-corrected chi connectivity index (χ4v) is 5.23. The third kappa shape index (κ3) is 5.20. The van der Waals surface area contributed by atoms with Gasteiger partial charge in [0.2, 0.25) is 5.91 Å². The standard InChI is InChI=1S/C26H32FN3O2/c27-21-8-6-19(7-9-21)16-28-25(31)17-30-12-10-26(11-13-30)15-22(18-32-26)29-24-14-23(24)20-4-2-1-3-5-20/h1-9,22-24,29H,10-18H2,(H,28,31). The number of ether oxygens (including phenoxy) is 1. The summed E-state index contributed by atoms with van der Waals surface area (Å²) in [6, 6.07) is 18.0. The number of carbonyl (C=O) groups excluding carboxylic acids is 1. The van der Waals surface area contributed by atoms with Crippen LogP contribution in [-0.2, 0) is 16.1 Å². The molecule has 2 aromatic rings. The molecule has 1 spiro atoms. The Morgan fingerprint density at radius 1 is 1.09 bits per heavy atom. The lowest BCUT2D eigenvalue weighted by atomic mass is 9.87. The molecule has 2 aromatic carbocycles. The summed E-state index contributed by atoms with van der Waals surface area (Å²) in [5.74, 6) is 0.392. The van der Waals surface area contributed by atoms with Gasteiger partial charge in [0.1, 0.15) is 5.82 Å². The van der Waals surface area contributed by atoms with Crippen LogP contribution in [0.15, 0.2) is 54.6 Å². The van der Waals surface area contributed by atoms with Gasteiger partial charge in [-0.25, -0.2) is 4.39 Å². The largest absolute Gasteiger partial charge is 0.373 e. The van der Waals surface area contributed by atoms with E-state index in [2.05, 4.69) is 45.9 Å². The quantitative estimate of drug-likeness (QED) is 0.699. The Bertz CT molecular complexity index is 912. The molecule has 5 rings (SSSR count). The zero-order valence-electron chi connectivity index (χ0n) is 18.4. The van der Waals surface area contributed by atoms with Gasteiger partial charge in [-0.3, -0.25) is 9.69 Å². The van der Waals surface area contributed by atoms with Crippen LogP contribution >= 0.6 is 0 Å². The monoisotopic (exact) mass is 437 g/mol. The highest BCUT2D eigenvalue weighted by molar-refractivity contribution is 5.78. The van der Waals surface area contributed by atoms with Gasteiger partial charge in [-0.1, -0.05) is 42.5 Å². The molecule has 170 valence electrons. The normalized spacial score (nSPS) is 26.8. The van der Waals surface area contributed by atoms with Gasteiger partial charge in [-0.15, -0.1) is 0 Å². The molecule has 1 saturated carbocycles. The van der Waals surface area contributed by atoms with E-state index in [9.17, 15) is 9.18 Å². The highest BCUT2D eigenvalue weighted by Gasteiger charge is 2.46. The predicted octanol–water partition coefficient (Wildman–Crippen LogP) is 3.21. The van der Waals surface area contributed by atoms with E-state index in [-0.39, 0.29) is 17.3 Å². The van der Waals surface area contributed by atoms with Gasteiger partial charge < -0.3 is 15.4 Å². The first-order chi connectivity index (χ1) is 15.6. The first kappa shape index (κ1) is 21.6. The average molecular weight is 438 g/mol. The van der Waals surface area contributed by atoms with Crippen molar-refractivity contribution in [3.8, 4) is 0 Å². The van der Waals surface area contributed by atoms with Crippen LogP contribution in [0.3, 0.4) is 0 Å². The maximum atomic E-state index is 13.0. The zero-order chi connectivity index (χ0) is 22.0. The van der Waals surface area contributed by atoms with Gasteiger partial charge in [0.25, 0.3) is 0 Å². The molecule has 2 heterocycles. The second-order valence-corrected chi connectivity index (χ2v) is 9.60. The first-order valence-corrected chi connectivity index (χ1v) is 11.8. The Labute approximate surface area is 189 Å². The minimum atomic E-state index is -0.262. The van der Waals surface area contributed by atoms with Crippen LogP contribution < -0.4 is 10.6 Å². The average Bonchev–Trinajstić information content (AvgIpc) is 3.48. The summed E-state index contributed by atoms with van der Waals surface area (Å²) >= 11 is 0. The number of nitrogens with zero attached hydrogens (tertiary/aromatic N) is 1. The molecule has 3 atom stereocenters. The molecule has 3 fully saturated rings. The van der Waals surface area contributed by atoms with Gasteiger partial charge >= 0.3 is 0 Å². The summed E-state index contributed by atoms with van der Waals surface area (Å²) in [5, 5.41) is 6.76. The molecule has 1 amide bonds. The third-order valence-electron chi connectivity index (χ3n) is 7.21. The number of halogens is 1. The van der Waals surface area contributed by atoms with Crippen LogP contribution in [0.2, 0.25) is 0 Å². The number of rotatable bonds is 7. The van der Waals surface area contributed by atoms with Gasteiger partial charge in [0.15, 0.2) is 0 Å². The van der Waals surface area contributed by atoms with Crippen molar-refractivity contribution in [3.63, 3.8) is 0 Å². The Hall–Kier alpha value is -2.28. The lowest BCUT2D eigenvalue weighted by molar-refractivity contribution is -0.123. The molecule has 0 radical (unpaired) electrons. The van der Waals surface area contributed by atoms with Crippen molar-refractivity contribution < 1.29 is 13.9 Å². The molecule has 5 nitrogen and oxygen atoms in total. The van der Waals surface area contributed by atoms with Gasteiger partial charge in [-0.2, -0.15) is 0 Å². The molecule has 0 bridgehead atoms. The summed E-state index contributed by atoms with van der Waals surface area (Å²) in [5.41, 5.74) is 2.31. The van der Waals surface area contributed by atoms with Gasteiger partial charge in [-0.05, 0) is 48.9 Å². The Balaban J connectivity index is 1.02.